The van der Waals surface area contributed by atoms with Gasteiger partial charge in [-0.2, -0.15) is 10.1 Å². The Morgan fingerprint density at radius 3 is 2.81 bits per heavy atom. The molecule has 31 heavy (non-hydrogen) atoms. The quantitative estimate of drug-likeness (QED) is 0.454. The van der Waals surface area contributed by atoms with Crippen LogP contribution in [0.4, 0.5) is 16.2 Å². The number of nitrogens with two attached hydrogens (primary N) is 2. The number of aromatic nitrogens is 5. The third-order valence-corrected chi connectivity index (χ3v) is 6.13. The molecule has 0 radical (unpaired) electrons. The summed E-state index contributed by atoms with van der Waals surface area (Å²) in [5.74, 6) is 0.122. The first-order valence-electron chi connectivity index (χ1n) is 10.1. The second kappa shape index (κ2) is 7.46. The van der Waals surface area contributed by atoms with Crippen molar-refractivity contribution in [2.45, 2.75) is 38.6 Å². The minimum Gasteiger partial charge on any atom is -0.382 e. The van der Waals surface area contributed by atoms with E-state index in [4.69, 9.17) is 23.1 Å². The third-order valence-electron chi connectivity index (χ3n) is 5.82. The molecule has 7 nitrogen and oxygen atoms in total. The van der Waals surface area contributed by atoms with Crippen LogP contribution in [0.25, 0.3) is 21.9 Å². The summed E-state index contributed by atoms with van der Waals surface area (Å²) in [6, 6.07) is 5.07. The van der Waals surface area contributed by atoms with Gasteiger partial charge in [-0.15, -0.1) is 0 Å². The smallest absolute Gasteiger partial charge is 0.222 e. The Kier molecular flexibility index (Phi) is 4.74. The zero-order valence-corrected chi connectivity index (χ0v) is 17.7. The number of halogens is 2. The molecule has 1 aliphatic carbocycles. The molecule has 1 atom stereocenters. The lowest BCUT2D eigenvalue weighted by Gasteiger charge is -2.09. The fourth-order valence-electron chi connectivity index (χ4n) is 4.23. The first-order valence-corrected chi connectivity index (χ1v) is 10.5. The lowest BCUT2D eigenvalue weighted by Crippen LogP contribution is -2.07. The maximum Gasteiger partial charge on any atom is 0.222 e. The Hall–Kier alpha value is -3.26. The highest BCUT2D eigenvalue weighted by Gasteiger charge is 2.21. The van der Waals surface area contributed by atoms with Gasteiger partial charge in [0.2, 0.25) is 5.95 Å². The molecule has 0 saturated carbocycles. The summed E-state index contributed by atoms with van der Waals surface area (Å²) in [6.07, 6.45) is 7.47. The van der Waals surface area contributed by atoms with Crippen LogP contribution in [0.2, 0.25) is 5.02 Å². The summed E-state index contributed by atoms with van der Waals surface area (Å²) in [6.45, 7) is 1.90. The molecule has 3 heterocycles. The molecule has 0 amide bonds. The lowest BCUT2D eigenvalue weighted by molar-refractivity contribution is 0.541. The molecule has 0 fully saturated rings. The first-order chi connectivity index (χ1) is 14.9. The second-order valence-electron chi connectivity index (χ2n) is 7.92. The maximum atomic E-state index is 14.5. The van der Waals surface area contributed by atoms with Crippen molar-refractivity contribution in [3.8, 4) is 0 Å². The van der Waals surface area contributed by atoms with E-state index in [-0.39, 0.29) is 28.6 Å². The molecule has 3 aromatic heterocycles. The van der Waals surface area contributed by atoms with Gasteiger partial charge in [-0.05, 0) is 56.4 Å². The van der Waals surface area contributed by atoms with Crippen LogP contribution < -0.4 is 11.5 Å². The van der Waals surface area contributed by atoms with Gasteiger partial charge in [-0.1, -0.05) is 23.3 Å². The fourth-order valence-corrected chi connectivity index (χ4v) is 4.38. The molecule has 1 unspecified atom stereocenters. The van der Waals surface area contributed by atoms with Gasteiger partial charge in [0.15, 0.2) is 5.65 Å². The Morgan fingerprint density at radius 1 is 1.13 bits per heavy atom. The average Bonchev–Trinajstić information content (AvgIpc) is 3.35. The van der Waals surface area contributed by atoms with Gasteiger partial charge in [0.1, 0.15) is 11.6 Å². The van der Waals surface area contributed by atoms with Crippen molar-refractivity contribution >= 4 is 45.3 Å². The number of allylic oxidation sites excluding steroid dienone is 2. The molecule has 0 bridgehead atoms. The number of anilines is 2. The van der Waals surface area contributed by atoms with E-state index < -0.39 is 0 Å². The van der Waals surface area contributed by atoms with Crippen LogP contribution in [-0.4, -0.2) is 24.7 Å². The summed E-state index contributed by atoms with van der Waals surface area (Å²) in [5.41, 5.74) is 15.9. The molecule has 0 aliphatic heterocycles. The van der Waals surface area contributed by atoms with Gasteiger partial charge >= 0.3 is 0 Å². The summed E-state index contributed by atoms with van der Waals surface area (Å²) in [5, 5.41) is 6.08. The fraction of sp³-hybridized carbons (Fsp3) is 0.273. The van der Waals surface area contributed by atoms with Crippen LogP contribution in [0.15, 0.2) is 36.0 Å². The number of pyridine rings is 1. The molecular weight excluding hydrogens is 417 g/mol. The van der Waals surface area contributed by atoms with Crippen LogP contribution in [0.3, 0.4) is 0 Å². The average molecular weight is 438 g/mol. The van der Waals surface area contributed by atoms with E-state index in [1.165, 1.54) is 11.6 Å². The number of nitrogens with zero attached hydrogens (tertiary/aromatic N) is 5. The predicted molar refractivity (Wildman–Crippen MR) is 120 cm³/mol. The van der Waals surface area contributed by atoms with E-state index >= 15 is 0 Å². The molecule has 1 aliphatic rings. The minimum atomic E-state index is -0.337. The molecule has 4 N–H and O–H groups in total. The highest BCUT2D eigenvalue weighted by Crippen LogP contribution is 2.33. The lowest BCUT2D eigenvalue weighted by atomic mass is 10.0. The number of rotatable bonds is 4. The minimum absolute atomic E-state index is 0.123. The van der Waals surface area contributed by atoms with Gasteiger partial charge in [0.25, 0.3) is 0 Å². The molecule has 4 aromatic rings. The topological polar surface area (TPSA) is 109 Å². The van der Waals surface area contributed by atoms with E-state index in [1.807, 2.05) is 17.7 Å². The molecular formula is C22H21ClFN7. The number of hydrogen-bond donors (Lipinski definition) is 2. The van der Waals surface area contributed by atoms with Crippen molar-refractivity contribution in [1.82, 2.24) is 24.7 Å². The number of fused-ring (bicyclic) bond motifs is 2. The molecule has 1 aromatic carbocycles. The van der Waals surface area contributed by atoms with Gasteiger partial charge < -0.3 is 11.5 Å². The Bertz CT molecular complexity index is 1360. The second-order valence-corrected chi connectivity index (χ2v) is 8.33. The van der Waals surface area contributed by atoms with Crippen molar-refractivity contribution in [2.24, 2.45) is 0 Å². The van der Waals surface area contributed by atoms with Gasteiger partial charge in [-0.25, -0.2) is 19.0 Å². The third kappa shape index (κ3) is 3.57. The van der Waals surface area contributed by atoms with Crippen molar-refractivity contribution < 1.29 is 4.39 Å². The van der Waals surface area contributed by atoms with E-state index in [9.17, 15) is 4.39 Å². The monoisotopic (exact) mass is 437 g/mol. The summed E-state index contributed by atoms with van der Waals surface area (Å²) >= 11 is 5.97. The number of aryl methyl sites for hydroxylation is 2. The number of hydrogen-bond acceptors (Lipinski definition) is 6. The Morgan fingerprint density at radius 2 is 1.97 bits per heavy atom. The summed E-state index contributed by atoms with van der Waals surface area (Å²) in [4.78, 5) is 12.8. The molecule has 0 saturated heterocycles. The van der Waals surface area contributed by atoms with E-state index in [2.05, 4.69) is 26.1 Å². The van der Waals surface area contributed by atoms with Gasteiger partial charge in [0, 0.05) is 5.39 Å². The highest BCUT2D eigenvalue weighted by atomic mass is 35.5. The molecule has 158 valence electrons. The number of nitrogen functional groups attached to an aromatic ring is 2. The van der Waals surface area contributed by atoms with Crippen molar-refractivity contribution in [3.05, 3.63) is 58.1 Å². The first kappa shape index (κ1) is 19.7. The SMILES string of the molecule is Cc1nc(N)nc2c1cnn2C1C=C(CCc2cc(F)c3cc(Cl)c(N)nc3c2)CC1. The molecule has 0 spiro atoms. The van der Waals surface area contributed by atoms with Crippen molar-refractivity contribution in [3.63, 3.8) is 0 Å². The largest absolute Gasteiger partial charge is 0.382 e. The Balaban J connectivity index is 1.36. The zero-order valence-electron chi connectivity index (χ0n) is 16.9. The normalized spacial score (nSPS) is 16.4. The standard InChI is InChI=1S/C22H21ClFN7/c1-11-16-10-27-31(21(16)30-22(26)28-11)14-5-4-12(6-14)2-3-13-7-18(24)15-9-17(23)20(25)29-19(15)8-13/h6-10,14H,2-5H2,1H3,(H2,25,29)(H2,26,28,30). The van der Waals surface area contributed by atoms with E-state index in [1.54, 1.807) is 12.3 Å². The van der Waals surface area contributed by atoms with Crippen molar-refractivity contribution in [1.29, 1.82) is 0 Å². The zero-order chi connectivity index (χ0) is 21.7. The predicted octanol–water partition coefficient (Wildman–Crippen LogP) is 4.53. The van der Waals surface area contributed by atoms with Gasteiger partial charge in [-0.3, -0.25) is 0 Å². The maximum absolute atomic E-state index is 14.5. The van der Waals surface area contributed by atoms with Gasteiger partial charge in [0.05, 0.1) is 33.9 Å². The van der Waals surface area contributed by atoms with Crippen LogP contribution in [0, 0.1) is 12.7 Å². The summed E-state index contributed by atoms with van der Waals surface area (Å²) in [7, 11) is 0. The Labute approximate surface area is 182 Å². The van der Waals surface area contributed by atoms with Crippen LogP contribution in [0.5, 0.6) is 0 Å². The number of benzene rings is 1. The van der Waals surface area contributed by atoms with Crippen LogP contribution in [-0.2, 0) is 6.42 Å². The molecule has 9 heteroatoms. The van der Waals surface area contributed by atoms with E-state index in [0.29, 0.717) is 17.3 Å². The van der Waals surface area contributed by atoms with E-state index in [0.717, 1.165) is 41.6 Å². The highest BCUT2D eigenvalue weighted by molar-refractivity contribution is 6.33. The van der Waals surface area contributed by atoms with Crippen LogP contribution in [0.1, 0.15) is 36.6 Å². The van der Waals surface area contributed by atoms with Crippen LogP contribution >= 0.6 is 11.6 Å². The molecule has 5 rings (SSSR count). The summed E-state index contributed by atoms with van der Waals surface area (Å²) < 4.78 is 16.4. The van der Waals surface area contributed by atoms with Crippen molar-refractivity contribution in [2.75, 3.05) is 11.5 Å².